The molecule has 0 aromatic heterocycles. The minimum absolute atomic E-state index is 0.0544. The standard InChI is InChI=1S/C24H30O6/c1-12(2)10-18(25)16-8-9-19-20(22(16)28-7)24(26)29-11-17-14(4)13(3)15(5)21(27-6)23(17)30-19/h8-9,12,18,25H,10-11H2,1-7H3. The average Bonchev–Trinajstić information content (AvgIpc) is 2.69. The van der Waals surface area contributed by atoms with Gasteiger partial charge >= 0.3 is 5.97 Å². The molecule has 2 aromatic rings. The van der Waals surface area contributed by atoms with Crippen molar-refractivity contribution in [2.24, 2.45) is 5.92 Å². The second-order valence-electron chi connectivity index (χ2n) is 8.10. The van der Waals surface area contributed by atoms with Crippen LogP contribution in [0.3, 0.4) is 0 Å². The molecule has 0 radical (unpaired) electrons. The van der Waals surface area contributed by atoms with E-state index in [0.29, 0.717) is 29.2 Å². The highest BCUT2D eigenvalue weighted by atomic mass is 16.6. The molecule has 1 heterocycles. The lowest BCUT2D eigenvalue weighted by atomic mass is 9.95. The van der Waals surface area contributed by atoms with Gasteiger partial charge in [-0.3, -0.25) is 0 Å². The highest BCUT2D eigenvalue weighted by molar-refractivity contribution is 5.96. The van der Waals surface area contributed by atoms with Crippen LogP contribution in [-0.2, 0) is 11.3 Å². The number of aliphatic hydroxyl groups excluding tert-OH is 1. The summed E-state index contributed by atoms with van der Waals surface area (Å²) >= 11 is 0. The van der Waals surface area contributed by atoms with Gasteiger partial charge in [0.25, 0.3) is 0 Å². The lowest BCUT2D eigenvalue weighted by Crippen LogP contribution is -2.16. The Kier molecular flexibility index (Phi) is 6.27. The van der Waals surface area contributed by atoms with Crippen LogP contribution in [0.2, 0.25) is 0 Å². The first-order valence-electron chi connectivity index (χ1n) is 10.1. The molecule has 2 aromatic carbocycles. The second-order valence-corrected chi connectivity index (χ2v) is 8.10. The van der Waals surface area contributed by atoms with Crippen molar-refractivity contribution in [1.82, 2.24) is 0 Å². The Morgan fingerprint density at radius 3 is 2.30 bits per heavy atom. The van der Waals surface area contributed by atoms with Crippen LogP contribution in [0.15, 0.2) is 12.1 Å². The van der Waals surface area contributed by atoms with E-state index < -0.39 is 12.1 Å². The van der Waals surface area contributed by atoms with E-state index in [-0.39, 0.29) is 23.8 Å². The maximum absolute atomic E-state index is 13.0. The highest BCUT2D eigenvalue weighted by Crippen LogP contribution is 2.46. The number of esters is 1. The molecule has 3 rings (SSSR count). The fraction of sp³-hybridized carbons (Fsp3) is 0.458. The van der Waals surface area contributed by atoms with Gasteiger partial charge in [0.1, 0.15) is 23.7 Å². The fourth-order valence-corrected chi connectivity index (χ4v) is 3.92. The molecule has 0 amide bonds. The first-order valence-corrected chi connectivity index (χ1v) is 10.1. The highest BCUT2D eigenvalue weighted by Gasteiger charge is 2.31. The summed E-state index contributed by atoms with van der Waals surface area (Å²) in [5.41, 5.74) is 4.51. The Labute approximate surface area is 177 Å². The molecule has 162 valence electrons. The fourth-order valence-electron chi connectivity index (χ4n) is 3.92. The Hall–Kier alpha value is -2.73. The predicted molar refractivity (Wildman–Crippen MR) is 114 cm³/mol. The number of fused-ring (bicyclic) bond motifs is 2. The molecule has 0 bridgehead atoms. The molecule has 0 aliphatic carbocycles. The Balaban J connectivity index is 2.21. The van der Waals surface area contributed by atoms with E-state index in [4.69, 9.17) is 18.9 Å². The van der Waals surface area contributed by atoms with Crippen LogP contribution >= 0.6 is 0 Å². The van der Waals surface area contributed by atoms with Crippen LogP contribution in [0.1, 0.15) is 64.5 Å². The van der Waals surface area contributed by atoms with Gasteiger partial charge in [-0.1, -0.05) is 13.8 Å². The number of rotatable bonds is 5. The molecule has 6 heteroatoms. The van der Waals surface area contributed by atoms with Gasteiger partial charge in [0.2, 0.25) is 0 Å². The first kappa shape index (κ1) is 22.0. The summed E-state index contributed by atoms with van der Waals surface area (Å²) in [6, 6.07) is 3.41. The molecule has 0 saturated heterocycles. The van der Waals surface area contributed by atoms with Crippen molar-refractivity contribution in [2.75, 3.05) is 14.2 Å². The van der Waals surface area contributed by atoms with Crippen molar-refractivity contribution >= 4 is 5.97 Å². The second kappa shape index (κ2) is 8.56. The van der Waals surface area contributed by atoms with E-state index in [1.165, 1.54) is 7.11 Å². The molecule has 1 aliphatic heterocycles. The lowest BCUT2D eigenvalue weighted by Gasteiger charge is -2.26. The molecule has 30 heavy (non-hydrogen) atoms. The number of carbonyl (C=O) groups excluding carboxylic acids is 1. The number of benzene rings is 2. The molecule has 1 unspecified atom stereocenters. The SMILES string of the molecule is COc1c(C)c(C)c(C)c2c1Oc1ccc(C(O)CC(C)C)c(OC)c1C(=O)OC2. The number of hydrogen-bond donors (Lipinski definition) is 1. The largest absolute Gasteiger partial charge is 0.495 e. The third-order valence-electron chi connectivity index (χ3n) is 5.77. The number of carbonyl (C=O) groups is 1. The molecular formula is C24H30O6. The van der Waals surface area contributed by atoms with Crippen molar-refractivity contribution in [3.8, 4) is 23.0 Å². The summed E-state index contributed by atoms with van der Waals surface area (Å²) < 4.78 is 23.1. The normalized spacial score (nSPS) is 14.1. The Bertz CT molecular complexity index is 977. The topological polar surface area (TPSA) is 74.2 Å². The Morgan fingerprint density at radius 2 is 1.70 bits per heavy atom. The third kappa shape index (κ3) is 3.72. The predicted octanol–water partition coefficient (Wildman–Crippen LogP) is 5.17. The number of aliphatic hydroxyl groups is 1. The lowest BCUT2D eigenvalue weighted by molar-refractivity contribution is 0.0453. The smallest absolute Gasteiger partial charge is 0.346 e. The van der Waals surface area contributed by atoms with Crippen molar-refractivity contribution in [3.63, 3.8) is 0 Å². The van der Waals surface area contributed by atoms with Crippen LogP contribution in [0.25, 0.3) is 0 Å². The summed E-state index contributed by atoms with van der Waals surface area (Å²) in [4.78, 5) is 13.0. The van der Waals surface area contributed by atoms with Gasteiger partial charge in [0.05, 0.1) is 20.3 Å². The molecule has 0 fully saturated rings. The van der Waals surface area contributed by atoms with Gasteiger partial charge < -0.3 is 24.1 Å². The summed E-state index contributed by atoms with van der Waals surface area (Å²) in [7, 11) is 3.07. The zero-order valence-corrected chi connectivity index (χ0v) is 18.7. The summed E-state index contributed by atoms with van der Waals surface area (Å²) in [6.07, 6.45) is -0.225. The van der Waals surface area contributed by atoms with Gasteiger partial charge in [-0.25, -0.2) is 4.79 Å². The van der Waals surface area contributed by atoms with E-state index in [1.54, 1.807) is 19.2 Å². The average molecular weight is 414 g/mol. The minimum Gasteiger partial charge on any atom is -0.495 e. The van der Waals surface area contributed by atoms with Crippen molar-refractivity contribution in [1.29, 1.82) is 0 Å². The third-order valence-corrected chi connectivity index (χ3v) is 5.77. The van der Waals surface area contributed by atoms with Crippen LogP contribution in [0.5, 0.6) is 23.0 Å². The molecule has 0 saturated carbocycles. The van der Waals surface area contributed by atoms with Gasteiger partial charge in [0, 0.05) is 11.1 Å². The van der Waals surface area contributed by atoms with E-state index >= 15 is 0 Å². The molecular weight excluding hydrogens is 384 g/mol. The van der Waals surface area contributed by atoms with Crippen molar-refractivity contribution in [3.05, 3.63) is 45.5 Å². The zero-order valence-electron chi connectivity index (χ0n) is 18.7. The van der Waals surface area contributed by atoms with Crippen LogP contribution in [-0.4, -0.2) is 25.3 Å². The zero-order chi connectivity index (χ0) is 22.2. The van der Waals surface area contributed by atoms with E-state index in [0.717, 1.165) is 22.3 Å². The molecule has 6 nitrogen and oxygen atoms in total. The molecule has 1 N–H and O–H groups in total. The molecule has 1 atom stereocenters. The van der Waals surface area contributed by atoms with E-state index in [1.807, 2.05) is 34.6 Å². The van der Waals surface area contributed by atoms with Gasteiger partial charge in [0.15, 0.2) is 11.5 Å². The van der Waals surface area contributed by atoms with Gasteiger partial charge in [-0.15, -0.1) is 0 Å². The summed E-state index contributed by atoms with van der Waals surface area (Å²) in [5, 5.41) is 10.7. The first-order chi connectivity index (χ1) is 14.2. The van der Waals surface area contributed by atoms with Gasteiger partial charge in [-0.05, 0) is 61.9 Å². The Morgan fingerprint density at radius 1 is 1.03 bits per heavy atom. The van der Waals surface area contributed by atoms with Crippen LogP contribution in [0.4, 0.5) is 0 Å². The minimum atomic E-state index is -0.766. The van der Waals surface area contributed by atoms with Crippen molar-refractivity contribution in [2.45, 2.75) is 53.8 Å². The number of methoxy groups -OCH3 is 2. The quantitative estimate of drug-likeness (QED) is 0.680. The van der Waals surface area contributed by atoms with Crippen molar-refractivity contribution < 1.29 is 28.8 Å². The molecule has 1 aliphatic rings. The van der Waals surface area contributed by atoms with Crippen LogP contribution in [0, 0.1) is 26.7 Å². The number of ether oxygens (including phenoxy) is 4. The van der Waals surface area contributed by atoms with Gasteiger partial charge in [-0.2, -0.15) is 0 Å². The molecule has 0 spiro atoms. The number of cyclic esters (lactones) is 1. The summed E-state index contributed by atoms with van der Waals surface area (Å²) in [5.74, 6) is 1.44. The van der Waals surface area contributed by atoms with E-state index in [2.05, 4.69) is 0 Å². The maximum Gasteiger partial charge on any atom is 0.346 e. The van der Waals surface area contributed by atoms with E-state index in [9.17, 15) is 9.90 Å². The monoisotopic (exact) mass is 414 g/mol. The summed E-state index contributed by atoms with van der Waals surface area (Å²) in [6.45, 7) is 10.1. The maximum atomic E-state index is 13.0. The number of hydrogen-bond acceptors (Lipinski definition) is 6. The van der Waals surface area contributed by atoms with Crippen LogP contribution < -0.4 is 14.2 Å².